The summed E-state index contributed by atoms with van der Waals surface area (Å²) in [6.45, 7) is 5.71. The van der Waals surface area contributed by atoms with E-state index < -0.39 is 4.92 Å². The van der Waals surface area contributed by atoms with Crippen molar-refractivity contribution in [3.63, 3.8) is 0 Å². The molecule has 28 heavy (non-hydrogen) atoms. The molecule has 0 spiro atoms. The van der Waals surface area contributed by atoms with E-state index in [-0.39, 0.29) is 11.7 Å². The van der Waals surface area contributed by atoms with E-state index in [0.29, 0.717) is 18.2 Å². The van der Waals surface area contributed by atoms with E-state index in [9.17, 15) is 14.9 Å². The predicted molar refractivity (Wildman–Crippen MR) is 109 cm³/mol. The third kappa shape index (κ3) is 5.79. The Balaban J connectivity index is 1.39. The van der Waals surface area contributed by atoms with Gasteiger partial charge < -0.3 is 10.6 Å². The number of nitro benzene ring substituents is 1. The quantitative estimate of drug-likeness (QED) is 0.585. The fraction of sp³-hybridized carbons (Fsp3) is 0.381. The second kappa shape index (κ2) is 9.32. The molecule has 1 saturated heterocycles. The Kier molecular flexibility index (Phi) is 6.60. The molecular weight excluding hydrogens is 356 g/mol. The summed E-state index contributed by atoms with van der Waals surface area (Å²) in [6, 6.07) is 14.3. The maximum absolute atomic E-state index is 12.1. The molecule has 0 saturated carbocycles. The van der Waals surface area contributed by atoms with Gasteiger partial charge in [0.15, 0.2) is 0 Å². The van der Waals surface area contributed by atoms with Gasteiger partial charge in [-0.15, -0.1) is 0 Å². The lowest BCUT2D eigenvalue weighted by atomic mass is 9.96. The smallest absolute Gasteiger partial charge is 0.319 e. The van der Waals surface area contributed by atoms with Crippen molar-refractivity contribution >= 4 is 17.4 Å². The summed E-state index contributed by atoms with van der Waals surface area (Å²) in [6.07, 6.45) is 2.09. The molecule has 1 aliphatic rings. The molecule has 0 radical (unpaired) electrons. The van der Waals surface area contributed by atoms with Crippen LogP contribution in [0.5, 0.6) is 0 Å². The molecule has 2 N–H and O–H groups in total. The van der Waals surface area contributed by atoms with Crippen LogP contribution in [0.15, 0.2) is 48.5 Å². The lowest BCUT2D eigenvalue weighted by molar-refractivity contribution is -0.384. The Morgan fingerprint density at radius 3 is 2.57 bits per heavy atom. The van der Waals surface area contributed by atoms with E-state index in [1.807, 2.05) is 0 Å². The standard InChI is InChI=1S/C21H26N4O3/c1-16-5-7-18(8-6-16)15-24-11-9-17(10-12-24)14-22-21(26)23-19-3-2-4-20(13-19)25(27)28/h2-8,13,17H,9-12,14-15H2,1H3,(H2,22,23,26). The molecule has 1 heterocycles. The van der Waals surface area contributed by atoms with Gasteiger partial charge in [-0.05, 0) is 50.4 Å². The van der Waals surface area contributed by atoms with Gasteiger partial charge in [-0.25, -0.2) is 4.79 Å². The number of nitrogens with one attached hydrogen (secondary N) is 2. The molecule has 7 heteroatoms. The fourth-order valence-corrected chi connectivity index (χ4v) is 3.41. The van der Waals surface area contributed by atoms with Crippen LogP contribution in [0.2, 0.25) is 0 Å². The largest absolute Gasteiger partial charge is 0.338 e. The molecule has 2 amide bonds. The first-order chi connectivity index (χ1) is 13.5. The maximum atomic E-state index is 12.1. The van der Waals surface area contributed by atoms with E-state index in [0.717, 1.165) is 32.5 Å². The van der Waals surface area contributed by atoms with Crippen LogP contribution in [-0.2, 0) is 6.54 Å². The van der Waals surface area contributed by atoms with Gasteiger partial charge in [-0.2, -0.15) is 0 Å². The Hall–Kier alpha value is -2.93. The van der Waals surface area contributed by atoms with Crippen molar-refractivity contribution in [3.05, 3.63) is 69.8 Å². The minimum Gasteiger partial charge on any atom is -0.338 e. The number of hydrogen-bond donors (Lipinski definition) is 2. The Morgan fingerprint density at radius 1 is 1.18 bits per heavy atom. The summed E-state index contributed by atoms with van der Waals surface area (Å²) in [5, 5.41) is 16.3. The summed E-state index contributed by atoms with van der Waals surface area (Å²) in [7, 11) is 0. The minimum atomic E-state index is -0.479. The van der Waals surface area contributed by atoms with Gasteiger partial charge in [0.1, 0.15) is 0 Å². The van der Waals surface area contributed by atoms with E-state index in [2.05, 4.69) is 46.7 Å². The number of benzene rings is 2. The lowest BCUT2D eigenvalue weighted by Gasteiger charge is -2.32. The SMILES string of the molecule is Cc1ccc(CN2CCC(CNC(=O)Nc3cccc([N+](=O)[O-])c3)CC2)cc1. The highest BCUT2D eigenvalue weighted by molar-refractivity contribution is 5.89. The van der Waals surface area contributed by atoms with Crippen LogP contribution in [0, 0.1) is 23.0 Å². The number of piperidine rings is 1. The molecule has 0 aromatic heterocycles. The van der Waals surface area contributed by atoms with Crippen LogP contribution in [0.1, 0.15) is 24.0 Å². The third-order valence-corrected chi connectivity index (χ3v) is 5.10. The Bertz CT molecular complexity index is 815. The number of anilines is 1. The highest BCUT2D eigenvalue weighted by atomic mass is 16.6. The monoisotopic (exact) mass is 382 g/mol. The van der Waals surface area contributed by atoms with Crippen molar-refractivity contribution in [1.82, 2.24) is 10.2 Å². The molecular formula is C21H26N4O3. The van der Waals surface area contributed by atoms with Crippen molar-refractivity contribution in [2.24, 2.45) is 5.92 Å². The maximum Gasteiger partial charge on any atom is 0.319 e. The van der Waals surface area contributed by atoms with Gasteiger partial charge in [-0.1, -0.05) is 35.9 Å². The van der Waals surface area contributed by atoms with Crippen molar-refractivity contribution in [2.75, 3.05) is 25.0 Å². The Labute approximate surface area is 164 Å². The predicted octanol–water partition coefficient (Wildman–Crippen LogP) is 3.94. The molecule has 0 bridgehead atoms. The zero-order valence-electron chi connectivity index (χ0n) is 16.1. The van der Waals surface area contributed by atoms with Crippen LogP contribution in [0.4, 0.5) is 16.2 Å². The van der Waals surface area contributed by atoms with Crippen LogP contribution in [0.3, 0.4) is 0 Å². The summed E-state index contributed by atoms with van der Waals surface area (Å²) < 4.78 is 0. The van der Waals surface area contributed by atoms with Gasteiger partial charge in [-0.3, -0.25) is 15.0 Å². The zero-order valence-corrected chi connectivity index (χ0v) is 16.1. The number of rotatable bonds is 6. The normalized spacial score (nSPS) is 15.2. The zero-order chi connectivity index (χ0) is 19.9. The van der Waals surface area contributed by atoms with Crippen LogP contribution in [0.25, 0.3) is 0 Å². The Morgan fingerprint density at radius 2 is 1.89 bits per heavy atom. The molecule has 2 aromatic rings. The number of hydrogen-bond acceptors (Lipinski definition) is 4. The summed E-state index contributed by atoms with van der Waals surface area (Å²) in [4.78, 5) is 24.8. The van der Waals surface area contributed by atoms with Crippen molar-refractivity contribution in [2.45, 2.75) is 26.3 Å². The fourth-order valence-electron chi connectivity index (χ4n) is 3.41. The lowest BCUT2D eigenvalue weighted by Crippen LogP contribution is -2.39. The van der Waals surface area contributed by atoms with Gasteiger partial charge >= 0.3 is 6.03 Å². The highest BCUT2D eigenvalue weighted by Gasteiger charge is 2.20. The molecule has 0 aliphatic carbocycles. The van der Waals surface area contributed by atoms with Gasteiger partial charge in [0.05, 0.1) is 4.92 Å². The van der Waals surface area contributed by atoms with E-state index in [1.54, 1.807) is 12.1 Å². The van der Waals surface area contributed by atoms with Crippen LogP contribution in [-0.4, -0.2) is 35.5 Å². The molecule has 0 atom stereocenters. The van der Waals surface area contributed by atoms with E-state index >= 15 is 0 Å². The molecule has 1 aliphatic heterocycles. The topological polar surface area (TPSA) is 87.5 Å². The minimum absolute atomic E-state index is 0.0428. The number of urea groups is 1. The van der Waals surface area contributed by atoms with Crippen LogP contribution >= 0.6 is 0 Å². The van der Waals surface area contributed by atoms with Crippen LogP contribution < -0.4 is 10.6 Å². The average molecular weight is 382 g/mol. The first-order valence-corrected chi connectivity index (χ1v) is 9.57. The van der Waals surface area contributed by atoms with Crippen molar-refractivity contribution in [1.29, 1.82) is 0 Å². The number of aryl methyl sites for hydroxylation is 1. The third-order valence-electron chi connectivity index (χ3n) is 5.10. The molecule has 7 nitrogen and oxygen atoms in total. The number of nitro groups is 1. The summed E-state index contributed by atoms with van der Waals surface area (Å²) >= 11 is 0. The number of carbonyl (C=O) groups excluding carboxylic acids is 1. The molecule has 0 unspecified atom stereocenters. The second-order valence-electron chi connectivity index (χ2n) is 7.35. The molecule has 1 fully saturated rings. The number of amides is 2. The molecule has 148 valence electrons. The average Bonchev–Trinajstić information content (AvgIpc) is 2.69. The molecule has 2 aromatic carbocycles. The number of carbonyl (C=O) groups is 1. The van der Waals surface area contributed by atoms with E-state index in [4.69, 9.17) is 0 Å². The number of nitrogens with zero attached hydrogens (tertiary/aromatic N) is 2. The van der Waals surface area contributed by atoms with Gasteiger partial charge in [0.25, 0.3) is 5.69 Å². The van der Waals surface area contributed by atoms with Gasteiger partial charge in [0, 0.05) is 30.9 Å². The van der Waals surface area contributed by atoms with Crippen molar-refractivity contribution < 1.29 is 9.72 Å². The first kappa shape index (κ1) is 19.8. The highest BCUT2D eigenvalue weighted by Crippen LogP contribution is 2.19. The summed E-state index contributed by atoms with van der Waals surface area (Å²) in [5.41, 5.74) is 2.98. The first-order valence-electron chi connectivity index (χ1n) is 9.57. The number of non-ortho nitro benzene ring substituents is 1. The molecule has 3 rings (SSSR count). The van der Waals surface area contributed by atoms with Crippen molar-refractivity contribution in [3.8, 4) is 0 Å². The van der Waals surface area contributed by atoms with E-state index in [1.165, 1.54) is 23.3 Å². The second-order valence-corrected chi connectivity index (χ2v) is 7.35. The summed E-state index contributed by atoms with van der Waals surface area (Å²) in [5.74, 6) is 0.449. The van der Waals surface area contributed by atoms with Gasteiger partial charge in [0.2, 0.25) is 0 Å². The number of likely N-dealkylation sites (tertiary alicyclic amines) is 1.